The van der Waals surface area contributed by atoms with E-state index in [2.05, 4.69) is 17.1 Å². The minimum absolute atomic E-state index is 0.103. The highest BCUT2D eigenvalue weighted by Crippen LogP contribution is 2.43. The first kappa shape index (κ1) is 14.0. The lowest BCUT2D eigenvalue weighted by Crippen LogP contribution is -2.44. The van der Waals surface area contributed by atoms with Gasteiger partial charge < -0.3 is 10.5 Å². The van der Waals surface area contributed by atoms with Crippen molar-refractivity contribution in [3.05, 3.63) is 29.6 Å². The summed E-state index contributed by atoms with van der Waals surface area (Å²) in [5.41, 5.74) is 8.88. The van der Waals surface area contributed by atoms with E-state index in [4.69, 9.17) is 10.5 Å². The average Bonchev–Trinajstić information content (AvgIpc) is 2.48. The molecular formula is C17H26N2O. The number of aryl methyl sites for hydroxylation is 1. The van der Waals surface area contributed by atoms with Crippen LogP contribution in [-0.4, -0.2) is 17.2 Å². The molecule has 1 saturated carbocycles. The molecule has 2 heterocycles. The molecular weight excluding hydrogens is 248 g/mol. The highest BCUT2D eigenvalue weighted by molar-refractivity contribution is 5.18. The van der Waals surface area contributed by atoms with Crippen molar-refractivity contribution in [3.8, 4) is 0 Å². The maximum absolute atomic E-state index is 6.51. The van der Waals surface area contributed by atoms with Gasteiger partial charge in [-0.2, -0.15) is 0 Å². The molecule has 3 heteroatoms. The first-order valence-electron chi connectivity index (χ1n) is 8.01. The molecule has 1 saturated heterocycles. The van der Waals surface area contributed by atoms with Crippen LogP contribution < -0.4 is 5.73 Å². The maximum atomic E-state index is 6.51. The van der Waals surface area contributed by atoms with E-state index in [9.17, 15) is 0 Å². The van der Waals surface area contributed by atoms with Crippen LogP contribution in [0.25, 0.3) is 0 Å². The van der Waals surface area contributed by atoms with E-state index in [0.29, 0.717) is 5.92 Å². The van der Waals surface area contributed by atoms with Crippen LogP contribution in [0.5, 0.6) is 0 Å². The molecule has 1 spiro atoms. The molecule has 2 unspecified atom stereocenters. The van der Waals surface area contributed by atoms with Gasteiger partial charge in [-0.1, -0.05) is 25.3 Å². The summed E-state index contributed by atoms with van der Waals surface area (Å²) in [5.74, 6) is 0.534. The summed E-state index contributed by atoms with van der Waals surface area (Å²) < 4.78 is 6.17. The van der Waals surface area contributed by atoms with Gasteiger partial charge in [-0.15, -0.1) is 0 Å². The fourth-order valence-electron chi connectivity index (χ4n) is 3.87. The van der Waals surface area contributed by atoms with Crippen molar-refractivity contribution in [2.45, 2.75) is 63.5 Å². The molecule has 0 amide bonds. The Morgan fingerprint density at radius 3 is 2.80 bits per heavy atom. The van der Waals surface area contributed by atoms with Crippen LogP contribution >= 0.6 is 0 Å². The molecule has 0 aromatic carbocycles. The molecule has 1 aliphatic carbocycles. The topological polar surface area (TPSA) is 48.1 Å². The van der Waals surface area contributed by atoms with E-state index in [0.717, 1.165) is 25.1 Å². The third kappa shape index (κ3) is 2.89. The minimum Gasteiger partial charge on any atom is -0.375 e. The summed E-state index contributed by atoms with van der Waals surface area (Å²) in [6.45, 7) is 2.89. The van der Waals surface area contributed by atoms with Gasteiger partial charge in [0.2, 0.25) is 0 Å². The molecule has 0 bridgehead atoms. The van der Waals surface area contributed by atoms with Gasteiger partial charge in [0, 0.05) is 24.5 Å². The van der Waals surface area contributed by atoms with Gasteiger partial charge in [0.15, 0.2) is 0 Å². The van der Waals surface area contributed by atoms with Crippen molar-refractivity contribution in [1.82, 2.24) is 4.98 Å². The van der Waals surface area contributed by atoms with Gasteiger partial charge in [-0.05, 0) is 50.2 Å². The van der Waals surface area contributed by atoms with Crippen LogP contribution in [0.3, 0.4) is 0 Å². The number of rotatable bonds is 2. The number of nitrogens with zero attached hydrogens (tertiary/aromatic N) is 1. The molecule has 3 nitrogen and oxygen atoms in total. The van der Waals surface area contributed by atoms with Crippen molar-refractivity contribution >= 4 is 0 Å². The van der Waals surface area contributed by atoms with Crippen LogP contribution in [0.2, 0.25) is 0 Å². The Morgan fingerprint density at radius 1 is 1.30 bits per heavy atom. The smallest absolute Gasteiger partial charge is 0.0685 e. The minimum atomic E-state index is 0.103. The normalized spacial score (nSPS) is 27.4. The van der Waals surface area contributed by atoms with Crippen LogP contribution in [0, 0.1) is 12.8 Å². The van der Waals surface area contributed by atoms with E-state index >= 15 is 0 Å². The average molecular weight is 274 g/mol. The Hall–Kier alpha value is -0.930. The second-order valence-electron chi connectivity index (χ2n) is 6.60. The number of hydrogen-bond acceptors (Lipinski definition) is 3. The number of pyridine rings is 1. The Labute approximate surface area is 121 Å². The zero-order valence-electron chi connectivity index (χ0n) is 12.5. The number of ether oxygens (including phenoxy) is 1. The van der Waals surface area contributed by atoms with Crippen LogP contribution in [0.15, 0.2) is 18.3 Å². The molecule has 0 radical (unpaired) electrons. The fourth-order valence-corrected chi connectivity index (χ4v) is 3.87. The molecule has 3 rings (SSSR count). The Bertz CT molecular complexity index is 431. The molecule has 2 atom stereocenters. The number of nitrogens with two attached hydrogens (primary N) is 1. The summed E-state index contributed by atoms with van der Waals surface area (Å²) in [7, 11) is 0. The van der Waals surface area contributed by atoms with E-state index in [1.54, 1.807) is 0 Å². The molecule has 20 heavy (non-hydrogen) atoms. The first-order chi connectivity index (χ1) is 9.69. The predicted octanol–water partition coefficient (Wildman–Crippen LogP) is 3.52. The van der Waals surface area contributed by atoms with Crippen molar-refractivity contribution in [2.24, 2.45) is 11.7 Å². The molecule has 2 aliphatic rings. The van der Waals surface area contributed by atoms with Gasteiger partial charge in [0.05, 0.1) is 5.60 Å². The van der Waals surface area contributed by atoms with Gasteiger partial charge in [-0.3, -0.25) is 4.98 Å². The van der Waals surface area contributed by atoms with Gasteiger partial charge >= 0.3 is 0 Å². The summed E-state index contributed by atoms with van der Waals surface area (Å²) in [5, 5.41) is 0. The Balaban J connectivity index is 1.71. The summed E-state index contributed by atoms with van der Waals surface area (Å²) in [4.78, 5) is 4.39. The van der Waals surface area contributed by atoms with Gasteiger partial charge in [0.1, 0.15) is 0 Å². The van der Waals surface area contributed by atoms with E-state index in [-0.39, 0.29) is 11.6 Å². The highest BCUT2D eigenvalue weighted by Gasteiger charge is 2.40. The second kappa shape index (κ2) is 5.82. The molecule has 1 aliphatic heterocycles. The summed E-state index contributed by atoms with van der Waals surface area (Å²) in [6.07, 6.45) is 10.6. The monoisotopic (exact) mass is 274 g/mol. The van der Waals surface area contributed by atoms with Crippen LogP contribution in [0.1, 0.15) is 62.2 Å². The van der Waals surface area contributed by atoms with E-state index in [1.807, 2.05) is 13.1 Å². The lowest BCUT2D eigenvalue weighted by atomic mass is 9.73. The van der Waals surface area contributed by atoms with Crippen LogP contribution in [-0.2, 0) is 4.74 Å². The maximum Gasteiger partial charge on any atom is 0.0685 e. The fraction of sp³-hybridized carbons (Fsp3) is 0.706. The third-order valence-corrected chi connectivity index (χ3v) is 5.12. The lowest BCUT2D eigenvalue weighted by Gasteiger charge is -2.45. The van der Waals surface area contributed by atoms with Crippen molar-refractivity contribution in [2.75, 3.05) is 6.61 Å². The first-order valence-corrected chi connectivity index (χ1v) is 8.01. The standard InChI is InChI=1S/C17H26N2O/c1-13-5-6-15(12-19-13)16(18)14-7-10-20-17(11-14)8-3-2-4-9-17/h5-6,12,14,16H,2-4,7-11,18H2,1H3. The molecule has 2 fully saturated rings. The third-order valence-electron chi connectivity index (χ3n) is 5.12. The quantitative estimate of drug-likeness (QED) is 0.897. The molecule has 2 N–H and O–H groups in total. The summed E-state index contributed by atoms with van der Waals surface area (Å²) >= 11 is 0. The molecule has 1 aromatic heterocycles. The van der Waals surface area contributed by atoms with Gasteiger partial charge in [-0.25, -0.2) is 0 Å². The Kier molecular flexibility index (Phi) is 4.08. The van der Waals surface area contributed by atoms with Crippen molar-refractivity contribution in [1.29, 1.82) is 0 Å². The van der Waals surface area contributed by atoms with Gasteiger partial charge in [0.25, 0.3) is 0 Å². The van der Waals surface area contributed by atoms with Crippen LogP contribution in [0.4, 0.5) is 0 Å². The zero-order chi connectivity index (χ0) is 14.0. The predicted molar refractivity (Wildman–Crippen MR) is 80.4 cm³/mol. The van der Waals surface area contributed by atoms with Crippen molar-refractivity contribution < 1.29 is 4.74 Å². The second-order valence-corrected chi connectivity index (χ2v) is 6.60. The van der Waals surface area contributed by atoms with E-state index < -0.39 is 0 Å². The van der Waals surface area contributed by atoms with Crippen molar-refractivity contribution in [3.63, 3.8) is 0 Å². The summed E-state index contributed by atoms with van der Waals surface area (Å²) in [6, 6.07) is 4.30. The highest BCUT2D eigenvalue weighted by atomic mass is 16.5. The largest absolute Gasteiger partial charge is 0.375 e. The SMILES string of the molecule is Cc1ccc(C(N)C2CCOC3(CCCCC3)C2)cn1. The zero-order valence-corrected chi connectivity index (χ0v) is 12.5. The Morgan fingerprint density at radius 2 is 2.10 bits per heavy atom. The lowest BCUT2D eigenvalue weighted by molar-refractivity contribution is -0.120. The molecule has 1 aromatic rings. The van der Waals surface area contributed by atoms with E-state index in [1.165, 1.54) is 37.7 Å². The number of hydrogen-bond donors (Lipinski definition) is 1. The molecule has 110 valence electrons. The number of aromatic nitrogens is 1.